The molecule has 6 heteroatoms. The molecule has 140 valence electrons. The van der Waals surface area contributed by atoms with Gasteiger partial charge in [0.25, 0.3) is 0 Å². The van der Waals surface area contributed by atoms with Crippen LogP contribution in [0, 0.1) is 4.77 Å². The van der Waals surface area contributed by atoms with Crippen LogP contribution in [0.25, 0.3) is 11.4 Å². The number of benzene rings is 2. The standard InChI is InChI=1S/C21H25N5S/c1-3-14-25(15-4-2)19-12-10-17(11-13-19)16-22-26-20(23-24-21(26)27)18-8-6-5-7-9-18/h5-13,16H,3-4,14-15H2,1-2H3,(H,24,27)/b22-16+. The molecule has 0 saturated heterocycles. The summed E-state index contributed by atoms with van der Waals surface area (Å²) in [5.41, 5.74) is 3.24. The molecule has 1 aromatic heterocycles. The summed E-state index contributed by atoms with van der Waals surface area (Å²) in [6, 6.07) is 18.4. The van der Waals surface area contributed by atoms with E-state index < -0.39 is 0 Å². The van der Waals surface area contributed by atoms with E-state index in [0.29, 0.717) is 10.6 Å². The fourth-order valence-electron chi connectivity index (χ4n) is 2.98. The van der Waals surface area contributed by atoms with Crippen LogP contribution in [0.5, 0.6) is 0 Å². The van der Waals surface area contributed by atoms with Crippen LogP contribution in [-0.2, 0) is 0 Å². The Morgan fingerprint density at radius 1 is 1.04 bits per heavy atom. The first kappa shape index (κ1) is 19.0. The van der Waals surface area contributed by atoms with Crippen molar-refractivity contribution in [1.82, 2.24) is 14.9 Å². The van der Waals surface area contributed by atoms with Gasteiger partial charge in [0.15, 0.2) is 5.82 Å². The first-order valence-electron chi connectivity index (χ1n) is 9.35. The maximum absolute atomic E-state index is 5.33. The van der Waals surface area contributed by atoms with E-state index in [2.05, 4.69) is 58.3 Å². The summed E-state index contributed by atoms with van der Waals surface area (Å²) in [6.45, 7) is 6.57. The monoisotopic (exact) mass is 379 g/mol. The van der Waals surface area contributed by atoms with Gasteiger partial charge in [0.05, 0.1) is 6.21 Å². The Kier molecular flexibility index (Phi) is 6.54. The molecule has 3 rings (SSSR count). The number of hydrogen-bond acceptors (Lipinski definition) is 4. The van der Waals surface area contributed by atoms with Crippen LogP contribution in [0.15, 0.2) is 59.7 Å². The maximum Gasteiger partial charge on any atom is 0.216 e. The van der Waals surface area contributed by atoms with Gasteiger partial charge >= 0.3 is 0 Å². The number of nitrogens with one attached hydrogen (secondary N) is 1. The highest BCUT2D eigenvalue weighted by Crippen LogP contribution is 2.18. The molecule has 0 fully saturated rings. The molecule has 1 heterocycles. The van der Waals surface area contributed by atoms with Gasteiger partial charge in [-0.3, -0.25) is 0 Å². The molecular weight excluding hydrogens is 354 g/mol. The number of H-pyrrole nitrogens is 1. The Morgan fingerprint density at radius 2 is 1.70 bits per heavy atom. The molecule has 0 bridgehead atoms. The van der Waals surface area contributed by atoms with Crippen molar-refractivity contribution in [3.05, 3.63) is 64.9 Å². The Bertz CT molecular complexity index is 919. The topological polar surface area (TPSA) is 49.2 Å². The fourth-order valence-corrected chi connectivity index (χ4v) is 3.16. The van der Waals surface area contributed by atoms with Crippen LogP contribution in [0.1, 0.15) is 32.3 Å². The summed E-state index contributed by atoms with van der Waals surface area (Å²) in [5.74, 6) is 0.700. The zero-order valence-corrected chi connectivity index (χ0v) is 16.6. The summed E-state index contributed by atoms with van der Waals surface area (Å²) >= 11 is 5.33. The van der Waals surface area contributed by atoms with Gasteiger partial charge < -0.3 is 4.90 Å². The van der Waals surface area contributed by atoms with Gasteiger partial charge in [-0.2, -0.15) is 14.9 Å². The molecule has 0 aliphatic rings. The average molecular weight is 380 g/mol. The number of nitrogens with zero attached hydrogens (tertiary/aromatic N) is 4. The molecule has 3 aromatic rings. The highest BCUT2D eigenvalue weighted by atomic mass is 32.1. The quantitative estimate of drug-likeness (QED) is 0.437. The van der Waals surface area contributed by atoms with Gasteiger partial charge in [0.2, 0.25) is 4.77 Å². The minimum absolute atomic E-state index is 0.471. The minimum Gasteiger partial charge on any atom is -0.372 e. The van der Waals surface area contributed by atoms with Crippen LogP contribution in [0.2, 0.25) is 0 Å². The molecule has 1 N–H and O–H groups in total. The van der Waals surface area contributed by atoms with Crippen molar-refractivity contribution in [1.29, 1.82) is 0 Å². The van der Waals surface area contributed by atoms with Gasteiger partial charge in [-0.1, -0.05) is 56.3 Å². The third kappa shape index (κ3) is 4.71. The lowest BCUT2D eigenvalue weighted by molar-refractivity contribution is 0.745. The molecule has 2 aromatic carbocycles. The van der Waals surface area contributed by atoms with E-state index in [9.17, 15) is 0 Å². The highest BCUT2D eigenvalue weighted by Gasteiger charge is 2.07. The third-order valence-electron chi connectivity index (χ3n) is 4.25. The summed E-state index contributed by atoms with van der Waals surface area (Å²) in [7, 11) is 0. The molecule has 5 nitrogen and oxygen atoms in total. The van der Waals surface area contributed by atoms with Crippen molar-refractivity contribution in [2.45, 2.75) is 26.7 Å². The van der Waals surface area contributed by atoms with E-state index in [4.69, 9.17) is 12.2 Å². The summed E-state index contributed by atoms with van der Waals surface area (Å²) in [5, 5.41) is 11.7. The van der Waals surface area contributed by atoms with Gasteiger partial charge in [-0.15, -0.1) is 0 Å². The van der Waals surface area contributed by atoms with E-state index in [1.807, 2.05) is 36.5 Å². The zero-order valence-electron chi connectivity index (χ0n) is 15.8. The largest absolute Gasteiger partial charge is 0.372 e. The van der Waals surface area contributed by atoms with Crippen LogP contribution in [0.3, 0.4) is 0 Å². The van der Waals surface area contributed by atoms with Crippen molar-refractivity contribution in [2.75, 3.05) is 18.0 Å². The Balaban J connectivity index is 1.81. The van der Waals surface area contributed by atoms with E-state index in [-0.39, 0.29) is 0 Å². The van der Waals surface area contributed by atoms with Crippen LogP contribution in [-0.4, -0.2) is 34.2 Å². The highest BCUT2D eigenvalue weighted by molar-refractivity contribution is 7.71. The van der Waals surface area contributed by atoms with Crippen LogP contribution in [0.4, 0.5) is 5.69 Å². The van der Waals surface area contributed by atoms with Gasteiger partial charge in [0, 0.05) is 24.3 Å². The van der Waals surface area contributed by atoms with E-state index in [1.54, 1.807) is 4.68 Å². The molecule has 0 atom stereocenters. The summed E-state index contributed by atoms with van der Waals surface area (Å²) in [4.78, 5) is 2.42. The molecule has 0 unspecified atom stereocenters. The van der Waals surface area contributed by atoms with E-state index in [1.165, 1.54) is 5.69 Å². The number of anilines is 1. The van der Waals surface area contributed by atoms with Gasteiger partial charge in [0.1, 0.15) is 0 Å². The zero-order chi connectivity index (χ0) is 19.1. The smallest absolute Gasteiger partial charge is 0.216 e. The number of hydrogen-bond donors (Lipinski definition) is 1. The molecule has 27 heavy (non-hydrogen) atoms. The molecule has 0 spiro atoms. The van der Waals surface area contributed by atoms with Crippen molar-refractivity contribution in [2.24, 2.45) is 5.10 Å². The summed E-state index contributed by atoms with van der Waals surface area (Å²) in [6.07, 6.45) is 4.10. The molecule has 0 radical (unpaired) electrons. The molecule has 0 aliphatic carbocycles. The number of rotatable bonds is 8. The van der Waals surface area contributed by atoms with E-state index in [0.717, 1.165) is 37.1 Å². The van der Waals surface area contributed by atoms with Crippen LogP contribution >= 0.6 is 12.2 Å². The fraction of sp³-hybridized carbons (Fsp3) is 0.286. The first-order chi connectivity index (χ1) is 13.2. The lowest BCUT2D eigenvalue weighted by Gasteiger charge is -2.23. The Morgan fingerprint density at radius 3 is 2.33 bits per heavy atom. The second-order valence-corrected chi connectivity index (χ2v) is 6.74. The number of aromatic amines is 1. The van der Waals surface area contributed by atoms with E-state index >= 15 is 0 Å². The first-order valence-corrected chi connectivity index (χ1v) is 9.76. The lowest BCUT2D eigenvalue weighted by atomic mass is 10.2. The maximum atomic E-state index is 5.33. The molecule has 0 amide bonds. The predicted molar refractivity (Wildman–Crippen MR) is 115 cm³/mol. The van der Waals surface area contributed by atoms with Crippen molar-refractivity contribution < 1.29 is 0 Å². The Hall–Kier alpha value is -2.73. The minimum atomic E-state index is 0.471. The van der Waals surface area contributed by atoms with Gasteiger partial charge in [-0.05, 0) is 42.8 Å². The summed E-state index contributed by atoms with van der Waals surface area (Å²) < 4.78 is 2.12. The predicted octanol–water partition coefficient (Wildman–Crippen LogP) is 5.12. The van der Waals surface area contributed by atoms with Gasteiger partial charge in [-0.25, -0.2) is 5.10 Å². The molecule has 0 aliphatic heterocycles. The van der Waals surface area contributed by atoms with Crippen LogP contribution < -0.4 is 4.90 Å². The van der Waals surface area contributed by atoms with Crippen molar-refractivity contribution in [3.8, 4) is 11.4 Å². The average Bonchev–Trinajstić information content (AvgIpc) is 3.08. The Labute approximate surface area is 165 Å². The second-order valence-electron chi connectivity index (χ2n) is 6.35. The normalized spacial score (nSPS) is 11.2. The molecular formula is C21H25N5S. The van der Waals surface area contributed by atoms with Crippen molar-refractivity contribution >= 4 is 24.1 Å². The number of aromatic nitrogens is 3. The third-order valence-corrected chi connectivity index (χ3v) is 4.51. The second kappa shape index (κ2) is 9.28. The van der Waals surface area contributed by atoms with Crippen molar-refractivity contribution in [3.63, 3.8) is 0 Å². The SMILES string of the molecule is CCCN(CCC)c1ccc(/C=N/n2c(-c3ccccc3)n[nH]c2=S)cc1. The lowest BCUT2D eigenvalue weighted by Crippen LogP contribution is -2.24. The molecule has 0 saturated carbocycles.